The molecular formula is C16H15FO3. The number of carbonyl (C=O) groups is 1. The first kappa shape index (κ1) is 14.1. The van der Waals surface area contributed by atoms with Gasteiger partial charge in [-0.3, -0.25) is 0 Å². The van der Waals surface area contributed by atoms with Gasteiger partial charge in [-0.25, -0.2) is 9.18 Å². The van der Waals surface area contributed by atoms with Crippen LogP contribution in [0.1, 0.15) is 27.0 Å². The Kier molecular flexibility index (Phi) is 4.03. The fourth-order valence-electron chi connectivity index (χ4n) is 1.87. The molecule has 0 atom stereocenters. The molecule has 1 N–H and O–H groups in total. The Morgan fingerprint density at radius 2 is 1.90 bits per heavy atom. The molecule has 0 heterocycles. The van der Waals surface area contributed by atoms with E-state index in [1.54, 1.807) is 12.1 Å². The van der Waals surface area contributed by atoms with Crippen molar-refractivity contribution in [2.75, 3.05) is 0 Å². The lowest BCUT2D eigenvalue weighted by Gasteiger charge is -2.11. The number of aromatic carboxylic acids is 1. The number of benzene rings is 2. The number of carboxylic acids is 1. The van der Waals surface area contributed by atoms with E-state index in [1.807, 2.05) is 13.8 Å². The second-order valence-electron chi connectivity index (χ2n) is 4.64. The van der Waals surface area contributed by atoms with Gasteiger partial charge < -0.3 is 9.84 Å². The van der Waals surface area contributed by atoms with Gasteiger partial charge in [-0.15, -0.1) is 0 Å². The predicted molar refractivity (Wildman–Crippen MR) is 73.6 cm³/mol. The van der Waals surface area contributed by atoms with Crippen molar-refractivity contribution in [2.45, 2.75) is 20.5 Å². The average molecular weight is 274 g/mol. The molecule has 0 aliphatic rings. The smallest absolute Gasteiger partial charge is 0.335 e. The zero-order chi connectivity index (χ0) is 14.7. The molecule has 0 aliphatic heterocycles. The summed E-state index contributed by atoms with van der Waals surface area (Å²) in [6.07, 6.45) is 0. The number of hydrogen-bond donors (Lipinski definition) is 1. The standard InChI is InChI=1S/C16H15FO3/c1-10-3-4-12(16(18)19)8-15(10)20-9-13-5-6-14(17)7-11(13)2/h3-8H,9H2,1-2H3,(H,18,19). The number of halogens is 1. The first-order valence-electron chi connectivity index (χ1n) is 6.19. The highest BCUT2D eigenvalue weighted by molar-refractivity contribution is 5.88. The molecule has 3 nitrogen and oxygen atoms in total. The van der Waals surface area contributed by atoms with E-state index in [4.69, 9.17) is 9.84 Å². The highest BCUT2D eigenvalue weighted by Crippen LogP contribution is 2.22. The van der Waals surface area contributed by atoms with Crippen LogP contribution in [0.5, 0.6) is 5.75 Å². The van der Waals surface area contributed by atoms with Crippen LogP contribution in [0.2, 0.25) is 0 Å². The monoisotopic (exact) mass is 274 g/mol. The number of ether oxygens (including phenoxy) is 1. The molecule has 0 unspecified atom stereocenters. The fraction of sp³-hybridized carbons (Fsp3) is 0.188. The number of aryl methyl sites for hydroxylation is 2. The summed E-state index contributed by atoms with van der Waals surface area (Å²) in [5.74, 6) is -0.753. The van der Waals surface area contributed by atoms with E-state index in [-0.39, 0.29) is 18.0 Å². The molecule has 4 heteroatoms. The minimum atomic E-state index is -0.993. The van der Waals surface area contributed by atoms with Gasteiger partial charge in [-0.2, -0.15) is 0 Å². The summed E-state index contributed by atoms with van der Waals surface area (Å²) >= 11 is 0. The Morgan fingerprint density at radius 1 is 1.15 bits per heavy atom. The topological polar surface area (TPSA) is 46.5 Å². The first-order chi connectivity index (χ1) is 9.47. The maximum Gasteiger partial charge on any atom is 0.335 e. The lowest BCUT2D eigenvalue weighted by molar-refractivity contribution is 0.0696. The minimum Gasteiger partial charge on any atom is -0.489 e. The van der Waals surface area contributed by atoms with Crippen LogP contribution in [-0.4, -0.2) is 11.1 Å². The summed E-state index contributed by atoms with van der Waals surface area (Å²) in [6.45, 7) is 3.93. The molecular weight excluding hydrogens is 259 g/mol. The van der Waals surface area contributed by atoms with E-state index in [0.717, 1.165) is 16.7 Å². The molecule has 0 radical (unpaired) electrons. The van der Waals surface area contributed by atoms with Crippen LogP contribution >= 0.6 is 0 Å². The largest absolute Gasteiger partial charge is 0.489 e. The van der Waals surface area contributed by atoms with Crippen LogP contribution in [-0.2, 0) is 6.61 Å². The molecule has 20 heavy (non-hydrogen) atoms. The maximum atomic E-state index is 13.0. The molecule has 0 aliphatic carbocycles. The summed E-state index contributed by atoms with van der Waals surface area (Å²) < 4.78 is 18.7. The molecule has 0 spiro atoms. The normalized spacial score (nSPS) is 10.3. The van der Waals surface area contributed by atoms with Gasteiger partial charge in [0, 0.05) is 0 Å². The Balaban J connectivity index is 2.18. The third kappa shape index (κ3) is 3.15. The van der Waals surface area contributed by atoms with Crippen LogP contribution in [0.3, 0.4) is 0 Å². The van der Waals surface area contributed by atoms with Crippen LogP contribution in [0.4, 0.5) is 4.39 Å². The summed E-state index contributed by atoms with van der Waals surface area (Å²) in [4.78, 5) is 10.9. The molecule has 2 aromatic rings. The van der Waals surface area contributed by atoms with Crippen molar-refractivity contribution in [2.24, 2.45) is 0 Å². The fourth-order valence-corrected chi connectivity index (χ4v) is 1.87. The SMILES string of the molecule is Cc1cc(F)ccc1COc1cc(C(=O)O)ccc1C. The van der Waals surface area contributed by atoms with Crippen LogP contribution < -0.4 is 4.74 Å². The maximum absolute atomic E-state index is 13.0. The van der Waals surface area contributed by atoms with Crippen LogP contribution in [0, 0.1) is 19.7 Å². The van der Waals surface area contributed by atoms with Crippen molar-refractivity contribution < 1.29 is 19.0 Å². The molecule has 2 rings (SSSR count). The van der Waals surface area contributed by atoms with Crippen molar-refractivity contribution in [3.8, 4) is 5.75 Å². The van der Waals surface area contributed by atoms with Crippen LogP contribution in [0.25, 0.3) is 0 Å². The van der Waals surface area contributed by atoms with Crippen molar-refractivity contribution in [3.05, 3.63) is 64.5 Å². The summed E-state index contributed by atoms with van der Waals surface area (Å²) in [5, 5.41) is 8.96. The van der Waals surface area contributed by atoms with Gasteiger partial charge >= 0.3 is 5.97 Å². The molecule has 0 fully saturated rings. The van der Waals surface area contributed by atoms with Crippen molar-refractivity contribution in [3.63, 3.8) is 0 Å². The molecule has 0 bridgehead atoms. The predicted octanol–water partition coefficient (Wildman–Crippen LogP) is 3.72. The Morgan fingerprint density at radius 3 is 2.55 bits per heavy atom. The van der Waals surface area contributed by atoms with E-state index in [9.17, 15) is 9.18 Å². The summed E-state index contributed by atoms with van der Waals surface area (Å²) in [6, 6.07) is 9.23. The zero-order valence-electron chi connectivity index (χ0n) is 11.3. The third-order valence-electron chi connectivity index (χ3n) is 3.12. The van der Waals surface area contributed by atoms with Crippen molar-refractivity contribution in [1.82, 2.24) is 0 Å². The lowest BCUT2D eigenvalue weighted by atomic mass is 10.1. The summed E-state index contributed by atoms with van der Waals surface area (Å²) in [7, 11) is 0. The van der Waals surface area contributed by atoms with E-state index in [0.29, 0.717) is 5.75 Å². The second kappa shape index (κ2) is 5.74. The highest BCUT2D eigenvalue weighted by atomic mass is 19.1. The second-order valence-corrected chi connectivity index (χ2v) is 4.64. The Labute approximate surface area is 116 Å². The molecule has 0 saturated heterocycles. The molecule has 2 aromatic carbocycles. The third-order valence-corrected chi connectivity index (χ3v) is 3.12. The van der Waals surface area contributed by atoms with E-state index in [2.05, 4.69) is 0 Å². The number of rotatable bonds is 4. The molecule has 0 amide bonds. The van der Waals surface area contributed by atoms with Gasteiger partial charge in [-0.05, 0) is 54.8 Å². The number of hydrogen-bond acceptors (Lipinski definition) is 2. The average Bonchev–Trinajstić information content (AvgIpc) is 2.39. The first-order valence-corrected chi connectivity index (χ1v) is 6.19. The summed E-state index contributed by atoms with van der Waals surface area (Å²) in [5.41, 5.74) is 2.71. The molecule has 104 valence electrons. The van der Waals surface area contributed by atoms with Gasteiger partial charge in [0.1, 0.15) is 18.2 Å². The van der Waals surface area contributed by atoms with Crippen molar-refractivity contribution in [1.29, 1.82) is 0 Å². The molecule has 0 aromatic heterocycles. The van der Waals surface area contributed by atoms with E-state index >= 15 is 0 Å². The van der Waals surface area contributed by atoms with Gasteiger partial charge in [-0.1, -0.05) is 12.1 Å². The van der Waals surface area contributed by atoms with Gasteiger partial charge in [0.15, 0.2) is 0 Å². The minimum absolute atomic E-state index is 0.182. The van der Waals surface area contributed by atoms with E-state index in [1.165, 1.54) is 24.3 Å². The number of carboxylic acid groups (broad SMARTS) is 1. The van der Waals surface area contributed by atoms with E-state index < -0.39 is 5.97 Å². The van der Waals surface area contributed by atoms with Gasteiger partial charge in [0.2, 0.25) is 0 Å². The Bertz CT molecular complexity index is 650. The molecule has 0 saturated carbocycles. The highest BCUT2D eigenvalue weighted by Gasteiger charge is 2.08. The van der Waals surface area contributed by atoms with Crippen molar-refractivity contribution >= 4 is 5.97 Å². The zero-order valence-corrected chi connectivity index (χ0v) is 11.3. The van der Waals surface area contributed by atoms with Gasteiger partial charge in [0.25, 0.3) is 0 Å². The Hall–Kier alpha value is -2.36. The van der Waals surface area contributed by atoms with Crippen LogP contribution in [0.15, 0.2) is 36.4 Å². The quantitative estimate of drug-likeness (QED) is 0.924. The lowest BCUT2D eigenvalue weighted by Crippen LogP contribution is -2.02. The van der Waals surface area contributed by atoms with Gasteiger partial charge in [0.05, 0.1) is 5.56 Å².